The van der Waals surface area contributed by atoms with Crippen molar-refractivity contribution in [3.05, 3.63) is 83.4 Å². The van der Waals surface area contributed by atoms with Gasteiger partial charge < -0.3 is 28.9 Å². The number of hydrogen-bond donors (Lipinski definition) is 1. The zero-order valence-electron chi connectivity index (χ0n) is 28.1. The maximum Gasteiger partial charge on any atom is 0.573 e. The lowest BCUT2D eigenvalue weighted by molar-refractivity contribution is -0.274. The molecule has 1 aliphatic heterocycles. The number of amides is 1. The van der Waals surface area contributed by atoms with Gasteiger partial charge in [0.05, 0.1) is 25.1 Å². The Morgan fingerprint density at radius 3 is 2.49 bits per heavy atom. The Hall–Kier alpha value is -4.27. The lowest BCUT2D eigenvalue weighted by Gasteiger charge is -2.36. The first-order chi connectivity index (χ1) is 23.0. The molecule has 49 heavy (non-hydrogen) atoms. The molecule has 1 N–H and O–H groups in total. The maximum absolute atomic E-state index is 14.6. The molecule has 10 nitrogen and oxygen atoms in total. The molecule has 1 unspecified atom stereocenters. The van der Waals surface area contributed by atoms with E-state index in [0.717, 1.165) is 0 Å². The highest BCUT2D eigenvalue weighted by molar-refractivity contribution is 6.74. The molecule has 0 saturated heterocycles. The highest BCUT2D eigenvalue weighted by Gasteiger charge is 2.38. The van der Waals surface area contributed by atoms with E-state index >= 15 is 0 Å². The second-order valence-electron chi connectivity index (χ2n) is 13.1. The Balaban J connectivity index is 1.52. The van der Waals surface area contributed by atoms with E-state index in [2.05, 4.69) is 54.0 Å². The molecule has 0 fully saturated rings. The van der Waals surface area contributed by atoms with Crippen molar-refractivity contribution < 1.29 is 36.6 Å². The van der Waals surface area contributed by atoms with E-state index in [4.69, 9.17) is 25.5 Å². The maximum atomic E-state index is 14.6. The summed E-state index contributed by atoms with van der Waals surface area (Å²) in [5.74, 6) is -0.0154. The number of benzene rings is 3. The van der Waals surface area contributed by atoms with Gasteiger partial charge in [0, 0.05) is 41.0 Å². The van der Waals surface area contributed by atoms with Gasteiger partial charge in [-0.3, -0.25) is 4.79 Å². The van der Waals surface area contributed by atoms with Gasteiger partial charge in [-0.2, -0.15) is 5.10 Å². The Morgan fingerprint density at radius 1 is 1.04 bits per heavy atom. The van der Waals surface area contributed by atoms with Crippen LogP contribution in [-0.4, -0.2) is 62.2 Å². The molecule has 262 valence electrons. The van der Waals surface area contributed by atoms with Crippen molar-refractivity contribution in [2.24, 2.45) is 0 Å². The van der Waals surface area contributed by atoms with Gasteiger partial charge in [0.2, 0.25) is 0 Å². The van der Waals surface area contributed by atoms with E-state index in [1.807, 2.05) is 0 Å². The number of carbonyl (C=O) groups is 1. The first-order valence-corrected chi connectivity index (χ1v) is 18.9. The number of alkyl halides is 3. The average molecular weight is 718 g/mol. The molecule has 5 rings (SSSR count). The summed E-state index contributed by atoms with van der Waals surface area (Å²) in [5.41, 5.74) is 2.61. The number of hydrogen-bond acceptors (Lipinski definition) is 8. The van der Waals surface area contributed by atoms with Crippen molar-refractivity contribution in [1.82, 2.24) is 14.8 Å². The van der Waals surface area contributed by atoms with Gasteiger partial charge in [0.1, 0.15) is 42.6 Å². The standard InChI is InChI=1S/C34H39ClF3N5O5Si/c1-33(2,3)49(5,6)47-14-13-46-30-15-23(35)8-10-28(30)31(41-24-16-25(18-27(17-24)45-4)43-21-39-20-40-43)32(44)42-12-11-22-7-9-26(19-29(22)42)48-34(36,37)38/h7-10,15-21,31,41H,11-14H2,1-6H3. The lowest BCUT2D eigenvalue weighted by Crippen LogP contribution is -2.41. The minimum absolute atomic E-state index is 0.00843. The van der Waals surface area contributed by atoms with Crippen LogP contribution >= 0.6 is 11.6 Å². The Bertz CT molecular complexity index is 1780. The van der Waals surface area contributed by atoms with Gasteiger partial charge in [0.15, 0.2) is 8.32 Å². The number of nitrogens with one attached hydrogen (secondary N) is 1. The highest BCUT2D eigenvalue weighted by Crippen LogP contribution is 2.40. The van der Waals surface area contributed by atoms with Gasteiger partial charge >= 0.3 is 6.36 Å². The molecule has 1 aliphatic rings. The summed E-state index contributed by atoms with van der Waals surface area (Å²) >= 11 is 6.43. The van der Waals surface area contributed by atoms with Gasteiger partial charge in [0.25, 0.3) is 5.91 Å². The van der Waals surface area contributed by atoms with Crippen LogP contribution in [0.25, 0.3) is 5.69 Å². The zero-order valence-corrected chi connectivity index (χ0v) is 29.9. The van der Waals surface area contributed by atoms with Crippen molar-refractivity contribution in [2.45, 2.75) is 57.7 Å². The number of ether oxygens (including phenoxy) is 3. The van der Waals surface area contributed by atoms with E-state index in [9.17, 15) is 18.0 Å². The summed E-state index contributed by atoms with van der Waals surface area (Å²) in [7, 11) is -0.531. The lowest BCUT2D eigenvalue weighted by atomic mass is 10.0. The fraction of sp³-hybridized carbons (Fsp3) is 0.382. The third-order valence-corrected chi connectivity index (χ3v) is 13.5. The number of rotatable bonds is 12. The number of fused-ring (bicyclic) bond motifs is 1. The van der Waals surface area contributed by atoms with E-state index < -0.39 is 32.4 Å². The van der Waals surface area contributed by atoms with Crippen LogP contribution < -0.4 is 24.4 Å². The predicted molar refractivity (Wildman–Crippen MR) is 184 cm³/mol. The molecule has 15 heteroatoms. The monoisotopic (exact) mass is 717 g/mol. The number of halogens is 4. The first kappa shape index (κ1) is 36.0. The Morgan fingerprint density at radius 2 is 1.82 bits per heavy atom. The fourth-order valence-electron chi connectivity index (χ4n) is 5.18. The molecule has 4 aromatic rings. The topological polar surface area (TPSA) is 100.0 Å². The van der Waals surface area contributed by atoms with Crippen LogP contribution in [0.4, 0.5) is 24.5 Å². The summed E-state index contributed by atoms with van der Waals surface area (Å²) in [6, 6.07) is 13.2. The summed E-state index contributed by atoms with van der Waals surface area (Å²) in [5, 5.41) is 7.94. The van der Waals surface area contributed by atoms with Crippen LogP contribution in [0.5, 0.6) is 17.2 Å². The largest absolute Gasteiger partial charge is 0.573 e. The minimum atomic E-state index is -4.89. The number of carbonyl (C=O) groups excluding carboxylic acids is 1. The Labute approximate surface area is 289 Å². The summed E-state index contributed by atoms with van der Waals surface area (Å²) in [6.45, 7) is 11.5. The number of anilines is 2. The molecular formula is C34H39ClF3N5O5Si. The zero-order chi connectivity index (χ0) is 35.6. The van der Waals surface area contributed by atoms with Crippen LogP contribution in [0.2, 0.25) is 23.2 Å². The second kappa shape index (κ2) is 14.3. The van der Waals surface area contributed by atoms with Crippen LogP contribution in [0.1, 0.15) is 37.9 Å². The molecule has 2 heterocycles. The highest BCUT2D eigenvalue weighted by atomic mass is 35.5. The van der Waals surface area contributed by atoms with E-state index in [1.54, 1.807) is 41.1 Å². The van der Waals surface area contributed by atoms with Crippen molar-refractivity contribution in [3.63, 3.8) is 0 Å². The molecule has 0 aliphatic carbocycles. The van der Waals surface area contributed by atoms with Crippen molar-refractivity contribution in [1.29, 1.82) is 0 Å². The molecule has 1 aromatic heterocycles. The molecule has 1 atom stereocenters. The average Bonchev–Trinajstić information content (AvgIpc) is 3.71. The van der Waals surface area contributed by atoms with Crippen molar-refractivity contribution >= 4 is 37.2 Å². The molecule has 0 saturated carbocycles. The quantitative estimate of drug-likeness (QED) is 0.116. The summed E-state index contributed by atoms with van der Waals surface area (Å²) < 4.78 is 63.1. The SMILES string of the molecule is COc1cc(NC(C(=O)N2CCc3ccc(OC(F)(F)F)cc32)c2ccc(Cl)cc2OCCO[Si](C)(C)C(C)(C)C)cc(-n2cncn2)c1. The Kier molecular flexibility index (Phi) is 10.5. The van der Waals surface area contributed by atoms with Crippen LogP contribution in [0.3, 0.4) is 0 Å². The first-order valence-electron chi connectivity index (χ1n) is 15.6. The van der Waals surface area contributed by atoms with E-state index in [1.165, 1.54) is 42.9 Å². The van der Waals surface area contributed by atoms with Gasteiger partial charge in [-0.1, -0.05) is 44.5 Å². The summed E-state index contributed by atoms with van der Waals surface area (Å²) in [4.78, 5) is 20.1. The summed E-state index contributed by atoms with van der Waals surface area (Å²) in [6.07, 6.45) is -1.51. The number of methoxy groups -OCH3 is 1. The second-order valence-corrected chi connectivity index (χ2v) is 18.3. The number of nitrogens with zero attached hydrogens (tertiary/aromatic N) is 4. The van der Waals surface area contributed by atoms with Gasteiger partial charge in [-0.15, -0.1) is 13.2 Å². The van der Waals surface area contributed by atoms with Crippen LogP contribution in [0.15, 0.2) is 67.3 Å². The number of aromatic nitrogens is 3. The normalized spacial score (nSPS) is 14.0. The van der Waals surface area contributed by atoms with Gasteiger partial charge in [-0.25, -0.2) is 9.67 Å². The molecule has 0 bridgehead atoms. The molecule has 3 aromatic carbocycles. The third-order valence-electron chi connectivity index (χ3n) is 8.72. The van der Waals surface area contributed by atoms with Crippen molar-refractivity contribution in [3.8, 4) is 22.9 Å². The molecule has 1 amide bonds. The minimum Gasteiger partial charge on any atom is -0.497 e. The van der Waals surface area contributed by atoms with Crippen LogP contribution in [0, 0.1) is 0 Å². The van der Waals surface area contributed by atoms with Crippen molar-refractivity contribution in [2.75, 3.05) is 37.1 Å². The predicted octanol–water partition coefficient (Wildman–Crippen LogP) is 7.97. The molecular weight excluding hydrogens is 679 g/mol. The molecule has 0 spiro atoms. The van der Waals surface area contributed by atoms with E-state index in [-0.39, 0.29) is 18.2 Å². The fourth-order valence-corrected chi connectivity index (χ4v) is 6.36. The van der Waals surface area contributed by atoms with E-state index in [0.29, 0.717) is 57.7 Å². The molecule has 0 radical (unpaired) electrons. The third kappa shape index (κ3) is 8.67. The smallest absolute Gasteiger partial charge is 0.497 e. The van der Waals surface area contributed by atoms with Gasteiger partial charge in [-0.05, 0) is 54.4 Å². The van der Waals surface area contributed by atoms with Crippen LogP contribution in [-0.2, 0) is 15.6 Å².